The monoisotopic (exact) mass is 324 g/mol. The van der Waals surface area contributed by atoms with Gasteiger partial charge < -0.3 is 10.0 Å². The highest BCUT2D eigenvalue weighted by Crippen LogP contribution is 2.31. The third kappa shape index (κ3) is 3.95. The van der Waals surface area contributed by atoms with Crippen LogP contribution < -0.4 is 4.90 Å². The van der Waals surface area contributed by atoms with Gasteiger partial charge in [-0.15, -0.1) is 11.3 Å². The predicted octanol–water partition coefficient (Wildman–Crippen LogP) is 4.01. The van der Waals surface area contributed by atoms with Crippen molar-refractivity contribution in [3.8, 4) is 0 Å². The number of hydrogen-bond acceptors (Lipinski definition) is 4. The summed E-state index contributed by atoms with van der Waals surface area (Å²) in [5, 5.41) is 12.2. The summed E-state index contributed by atoms with van der Waals surface area (Å²) in [6.07, 6.45) is 0.563. The molecule has 0 spiro atoms. The fraction of sp³-hybridized carbons (Fsp3) is 0.333. The SMILES string of the molecule is CC(c1ccccc1Cl)N(C)c1nc(CCC(=O)O)cs1. The number of nitrogens with zero attached hydrogens (tertiary/aromatic N) is 2. The number of benzene rings is 1. The van der Waals surface area contributed by atoms with Crippen molar-refractivity contribution in [3.05, 3.63) is 45.9 Å². The van der Waals surface area contributed by atoms with E-state index in [2.05, 4.69) is 16.8 Å². The molecule has 0 aliphatic heterocycles. The number of aryl methyl sites for hydroxylation is 1. The molecule has 0 fully saturated rings. The molecule has 1 heterocycles. The van der Waals surface area contributed by atoms with E-state index in [1.807, 2.05) is 36.7 Å². The van der Waals surface area contributed by atoms with Crippen molar-refractivity contribution >= 4 is 34.0 Å². The average molecular weight is 325 g/mol. The quantitative estimate of drug-likeness (QED) is 0.872. The van der Waals surface area contributed by atoms with E-state index in [4.69, 9.17) is 16.7 Å². The summed E-state index contributed by atoms with van der Waals surface area (Å²) < 4.78 is 0. The van der Waals surface area contributed by atoms with E-state index in [1.54, 1.807) is 0 Å². The van der Waals surface area contributed by atoms with Gasteiger partial charge in [0.2, 0.25) is 0 Å². The number of carboxylic acids is 1. The van der Waals surface area contributed by atoms with Crippen LogP contribution in [0.15, 0.2) is 29.6 Å². The molecule has 0 bridgehead atoms. The maximum absolute atomic E-state index is 10.6. The van der Waals surface area contributed by atoms with Gasteiger partial charge in [0.15, 0.2) is 5.13 Å². The van der Waals surface area contributed by atoms with E-state index in [0.717, 1.165) is 21.4 Å². The maximum atomic E-state index is 10.6. The van der Waals surface area contributed by atoms with E-state index in [1.165, 1.54) is 11.3 Å². The van der Waals surface area contributed by atoms with Gasteiger partial charge in [-0.25, -0.2) is 4.98 Å². The van der Waals surface area contributed by atoms with Gasteiger partial charge in [-0.05, 0) is 18.6 Å². The smallest absolute Gasteiger partial charge is 0.303 e. The molecule has 1 atom stereocenters. The summed E-state index contributed by atoms with van der Waals surface area (Å²) in [5.74, 6) is -0.803. The van der Waals surface area contributed by atoms with E-state index < -0.39 is 5.97 Å². The number of carboxylic acid groups (broad SMARTS) is 1. The van der Waals surface area contributed by atoms with Crippen molar-refractivity contribution in [2.24, 2.45) is 0 Å². The van der Waals surface area contributed by atoms with Crippen molar-refractivity contribution in [2.75, 3.05) is 11.9 Å². The van der Waals surface area contributed by atoms with Crippen LogP contribution in [0.2, 0.25) is 5.02 Å². The number of aromatic nitrogens is 1. The van der Waals surface area contributed by atoms with E-state index in [0.29, 0.717) is 6.42 Å². The lowest BCUT2D eigenvalue weighted by molar-refractivity contribution is -0.136. The van der Waals surface area contributed by atoms with Crippen LogP contribution >= 0.6 is 22.9 Å². The van der Waals surface area contributed by atoms with Crippen LogP contribution in [-0.2, 0) is 11.2 Å². The Morgan fingerprint density at radius 3 is 2.86 bits per heavy atom. The normalized spacial score (nSPS) is 12.1. The van der Waals surface area contributed by atoms with E-state index in [9.17, 15) is 4.79 Å². The zero-order valence-corrected chi connectivity index (χ0v) is 13.5. The van der Waals surface area contributed by atoms with Crippen LogP contribution in [-0.4, -0.2) is 23.1 Å². The molecule has 0 aliphatic rings. The van der Waals surface area contributed by atoms with Crippen molar-refractivity contribution in [1.82, 2.24) is 4.98 Å². The summed E-state index contributed by atoms with van der Waals surface area (Å²) in [6.45, 7) is 2.07. The molecule has 1 aromatic heterocycles. The fourth-order valence-corrected chi connectivity index (χ4v) is 3.20. The summed E-state index contributed by atoms with van der Waals surface area (Å²) in [7, 11) is 1.97. The van der Waals surface area contributed by atoms with Crippen LogP contribution in [0.4, 0.5) is 5.13 Å². The Balaban J connectivity index is 2.11. The Hall–Kier alpha value is -1.59. The molecule has 1 unspecified atom stereocenters. The van der Waals surface area contributed by atoms with Crippen molar-refractivity contribution in [2.45, 2.75) is 25.8 Å². The van der Waals surface area contributed by atoms with Crippen molar-refractivity contribution in [3.63, 3.8) is 0 Å². The van der Waals surface area contributed by atoms with E-state index in [-0.39, 0.29) is 12.5 Å². The molecule has 0 aliphatic carbocycles. The van der Waals surface area contributed by atoms with Gasteiger partial charge in [0, 0.05) is 23.9 Å². The predicted molar refractivity (Wildman–Crippen MR) is 86.3 cm³/mol. The summed E-state index contributed by atoms with van der Waals surface area (Å²) in [5.41, 5.74) is 1.86. The first-order chi connectivity index (χ1) is 9.99. The Labute approximate surface area is 133 Å². The first-order valence-electron chi connectivity index (χ1n) is 6.62. The number of hydrogen-bond donors (Lipinski definition) is 1. The second kappa shape index (κ2) is 6.91. The minimum Gasteiger partial charge on any atom is -0.481 e. The Morgan fingerprint density at radius 1 is 1.48 bits per heavy atom. The Kier molecular flexibility index (Phi) is 5.20. The standard InChI is InChI=1S/C15H17ClN2O2S/c1-10(12-5-3-4-6-13(12)16)18(2)15-17-11(9-21-15)7-8-14(19)20/h3-6,9-10H,7-8H2,1-2H3,(H,19,20). The van der Waals surface area contributed by atoms with Gasteiger partial charge in [-0.2, -0.15) is 0 Å². The molecule has 0 saturated heterocycles. The number of aliphatic carboxylic acids is 1. The summed E-state index contributed by atoms with van der Waals surface area (Å²) in [6, 6.07) is 7.85. The number of carbonyl (C=O) groups is 1. The summed E-state index contributed by atoms with van der Waals surface area (Å²) >= 11 is 7.75. The second-order valence-corrected chi connectivity index (χ2v) is 6.07. The van der Waals surface area contributed by atoms with Gasteiger partial charge >= 0.3 is 5.97 Å². The molecule has 21 heavy (non-hydrogen) atoms. The highest BCUT2D eigenvalue weighted by atomic mass is 35.5. The minimum atomic E-state index is -0.803. The van der Waals surface area contributed by atoms with Crippen LogP contribution in [0.5, 0.6) is 0 Å². The van der Waals surface area contributed by atoms with Gasteiger partial charge in [0.05, 0.1) is 18.2 Å². The van der Waals surface area contributed by atoms with Gasteiger partial charge in [0.25, 0.3) is 0 Å². The van der Waals surface area contributed by atoms with Crippen molar-refractivity contribution in [1.29, 1.82) is 0 Å². The average Bonchev–Trinajstić information content (AvgIpc) is 2.93. The number of thiazole rings is 1. The molecule has 2 rings (SSSR count). The minimum absolute atomic E-state index is 0.0946. The number of anilines is 1. The molecule has 112 valence electrons. The molecule has 0 saturated carbocycles. The van der Waals surface area contributed by atoms with Crippen LogP contribution in [0.25, 0.3) is 0 Å². The fourth-order valence-electron chi connectivity index (χ4n) is 2.00. The van der Waals surface area contributed by atoms with Crippen molar-refractivity contribution < 1.29 is 9.90 Å². The zero-order chi connectivity index (χ0) is 15.4. The first kappa shape index (κ1) is 15.8. The number of rotatable bonds is 6. The first-order valence-corrected chi connectivity index (χ1v) is 7.88. The lowest BCUT2D eigenvalue weighted by Crippen LogP contribution is -2.21. The highest BCUT2D eigenvalue weighted by Gasteiger charge is 2.17. The Bertz CT molecular complexity index is 630. The molecule has 4 nitrogen and oxygen atoms in total. The van der Waals surface area contributed by atoms with Crippen LogP contribution in [0, 0.1) is 0 Å². The Morgan fingerprint density at radius 2 is 2.19 bits per heavy atom. The van der Waals surface area contributed by atoms with Crippen LogP contribution in [0.1, 0.15) is 30.6 Å². The molecule has 0 amide bonds. The lowest BCUT2D eigenvalue weighted by atomic mass is 10.1. The maximum Gasteiger partial charge on any atom is 0.303 e. The third-order valence-corrected chi connectivity index (χ3v) is 4.70. The zero-order valence-electron chi connectivity index (χ0n) is 11.9. The summed E-state index contributed by atoms with van der Waals surface area (Å²) in [4.78, 5) is 17.1. The molecule has 2 aromatic rings. The molecule has 1 aromatic carbocycles. The van der Waals surface area contributed by atoms with Gasteiger partial charge in [-0.3, -0.25) is 4.79 Å². The molecule has 1 N–H and O–H groups in total. The lowest BCUT2D eigenvalue weighted by Gasteiger charge is -2.25. The molecule has 0 radical (unpaired) electrons. The number of halogens is 1. The van der Waals surface area contributed by atoms with Crippen LogP contribution in [0.3, 0.4) is 0 Å². The topological polar surface area (TPSA) is 53.4 Å². The molecule has 6 heteroatoms. The van der Waals surface area contributed by atoms with E-state index >= 15 is 0 Å². The molecular weight excluding hydrogens is 308 g/mol. The van der Waals surface area contributed by atoms with Gasteiger partial charge in [-0.1, -0.05) is 29.8 Å². The second-order valence-electron chi connectivity index (χ2n) is 4.82. The van der Waals surface area contributed by atoms with Gasteiger partial charge in [0.1, 0.15) is 0 Å². The molecular formula is C15H17ClN2O2S. The third-order valence-electron chi connectivity index (χ3n) is 3.37. The highest BCUT2D eigenvalue weighted by molar-refractivity contribution is 7.13. The largest absolute Gasteiger partial charge is 0.481 e.